The first-order valence-electron chi connectivity index (χ1n) is 7.38. The summed E-state index contributed by atoms with van der Waals surface area (Å²) in [6.07, 6.45) is 0. The zero-order valence-electron chi connectivity index (χ0n) is 13.1. The highest BCUT2D eigenvalue weighted by Crippen LogP contribution is 2.32. The minimum atomic E-state index is -0.803. The van der Waals surface area contributed by atoms with E-state index >= 15 is 0 Å². The van der Waals surface area contributed by atoms with Crippen molar-refractivity contribution in [2.75, 3.05) is 6.61 Å². The summed E-state index contributed by atoms with van der Waals surface area (Å²) >= 11 is 3.31. The zero-order valence-corrected chi connectivity index (χ0v) is 14.7. The van der Waals surface area contributed by atoms with E-state index in [1.165, 1.54) is 0 Å². The molecule has 0 saturated heterocycles. The molecule has 0 unspecified atom stereocenters. The predicted octanol–water partition coefficient (Wildman–Crippen LogP) is 3.81. The van der Waals surface area contributed by atoms with Crippen LogP contribution in [0.15, 0.2) is 50.1 Å². The SMILES string of the molecule is CCOC(=O)c1oc2cc(O)cc(O)c2c(=O)c1-c1ccc(Br)cc1. The van der Waals surface area contributed by atoms with Crippen molar-refractivity contribution >= 4 is 32.9 Å². The molecule has 0 aliphatic carbocycles. The van der Waals surface area contributed by atoms with E-state index < -0.39 is 17.1 Å². The summed E-state index contributed by atoms with van der Waals surface area (Å²) in [6.45, 7) is 1.74. The lowest BCUT2D eigenvalue weighted by molar-refractivity contribution is 0.0492. The van der Waals surface area contributed by atoms with Gasteiger partial charge in [0.1, 0.15) is 22.5 Å². The number of phenols is 2. The molecule has 1 aromatic heterocycles. The van der Waals surface area contributed by atoms with Gasteiger partial charge in [-0.1, -0.05) is 28.1 Å². The van der Waals surface area contributed by atoms with Crippen molar-refractivity contribution in [2.45, 2.75) is 6.92 Å². The molecule has 7 heteroatoms. The quantitative estimate of drug-likeness (QED) is 0.644. The van der Waals surface area contributed by atoms with Gasteiger partial charge in [0.25, 0.3) is 0 Å². The van der Waals surface area contributed by atoms with Crippen LogP contribution < -0.4 is 5.43 Å². The first kappa shape index (κ1) is 17.0. The molecule has 128 valence electrons. The van der Waals surface area contributed by atoms with Crippen LogP contribution in [0.2, 0.25) is 0 Å². The largest absolute Gasteiger partial charge is 0.508 e. The van der Waals surface area contributed by atoms with Gasteiger partial charge in [0, 0.05) is 16.6 Å². The van der Waals surface area contributed by atoms with Crippen molar-refractivity contribution < 1.29 is 24.2 Å². The number of carbonyl (C=O) groups excluding carboxylic acids is 1. The number of phenolic OH excluding ortho intramolecular Hbond substituents is 2. The summed E-state index contributed by atoms with van der Waals surface area (Å²) in [6, 6.07) is 8.90. The Morgan fingerprint density at radius 1 is 1.20 bits per heavy atom. The molecule has 3 aromatic rings. The first-order valence-corrected chi connectivity index (χ1v) is 8.17. The molecule has 2 aromatic carbocycles. The average Bonchev–Trinajstić information content (AvgIpc) is 2.55. The number of ether oxygens (including phenoxy) is 1. The second-order valence-electron chi connectivity index (χ2n) is 5.20. The second-order valence-corrected chi connectivity index (χ2v) is 6.12. The van der Waals surface area contributed by atoms with Crippen LogP contribution in [0.3, 0.4) is 0 Å². The van der Waals surface area contributed by atoms with Gasteiger partial charge < -0.3 is 19.4 Å². The molecule has 0 amide bonds. The van der Waals surface area contributed by atoms with Gasteiger partial charge in [0.05, 0.1) is 12.2 Å². The third-order valence-electron chi connectivity index (χ3n) is 3.55. The number of esters is 1. The van der Waals surface area contributed by atoms with Crippen molar-refractivity contribution in [1.29, 1.82) is 0 Å². The molecule has 0 bridgehead atoms. The van der Waals surface area contributed by atoms with E-state index in [2.05, 4.69) is 15.9 Å². The topological polar surface area (TPSA) is 97.0 Å². The highest BCUT2D eigenvalue weighted by molar-refractivity contribution is 9.10. The van der Waals surface area contributed by atoms with Crippen molar-refractivity contribution in [3.05, 3.63) is 56.9 Å². The molecule has 0 aliphatic heterocycles. The third kappa shape index (κ3) is 3.10. The molecular formula is C18H13BrO6. The van der Waals surface area contributed by atoms with Crippen molar-refractivity contribution in [3.8, 4) is 22.6 Å². The molecule has 0 spiro atoms. The molecule has 25 heavy (non-hydrogen) atoms. The summed E-state index contributed by atoms with van der Waals surface area (Å²) in [7, 11) is 0. The zero-order chi connectivity index (χ0) is 18.1. The summed E-state index contributed by atoms with van der Waals surface area (Å²) < 4.78 is 11.3. The summed E-state index contributed by atoms with van der Waals surface area (Å²) in [5.74, 6) is -1.81. The van der Waals surface area contributed by atoms with Gasteiger partial charge in [0.2, 0.25) is 11.2 Å². The molecule has 3 rings (SSSR count). The normalized spacial score (nSPS) is 10.8. The van der Waals surface area contributed by atoms with Gasteiger partial charge in [-0.3, -0.25) is 4.79 Å². The van der Waals surface area contributed by atoms with Gasteiger partial charge >= 0.3 is 5.97 Å². The number of fused-ring (bicyclic) bond motifs is 1. The van der Waals surface area contributed by atoms with E-state index in [4.69, 9.17) is 9.15 Å². The number of rotatable bonds is 3. The van der Waals surface area contributed by atoms with E-state index in [0.29, 0.717) is 5.56 Å². The van der Waals surface area contributed by atoms with Crippen LogP contribution >= 0.6 is 15.9 Å². The van der Waals surface area contributed by atoms with Crippen molar-refractivity contribution in [1.82, 2.24) is 0 Å². The lowest BCUT2D eigenvalue weighted by Gasteiger charge is -2.10. The fourth-order valence-corrected chi connectivity index (χ4v) is 2.77. The monoisotopic (exact) mass is 404 g/mol. The van der Waals surface area contributed by atoms with Crippen molar-refractivity contribution in [2.24, 2.45) is 0 Å². The van der Waals surface area contributed by atoms with Crippen LogP contribution in [0.25, 0.3) is 22.1 Å². The summed E-state index contributed by atoms with van der Waals surface area (Å²) in [5, 5.41) is 19.5. The van der Waals surface area contributed by atoms with Gasteiger partial charge in [-0.05, 0) is 24.6 Å². The highest BCUT2D eigenvalue weighted by atomic mass is 79.9. The molecular weight excluding hydrogens is 392 g/mol. The fourth-order valence-electron chi connectivity index (χ4n) is 2.50. The average molecular weight is 405 g/mol. The van der Waals surface area contributed by atoms with Crippen LogP contribution in [-0.2, 0) is 4.74 Å². The van der Waals surface area contributed by atoms with E-state index in [1.54, 1.807) is 31.2 Å². The molecule has 6 nitrogen and oxygen atoms in total. The number of benzene rings is 2. The first-order chi connectivity index (χ1) is 11.9. The van der Waals surface area contributed by atoms with E-state index in [1.807, 2.05) is 0 Å². The Morgan fingerprint density at radius 2 is 1.88 bits per heavy atom. The Balaban J connectivity index is 2.41. The smallest absolute Gasteiger partial charge is 0.375 e. The maximum Gasteiger partial charge on any atom is 0.375 e. The minimum absolute atomic E-state index is 0.0144. The number of halogens is 1. The maximum absolute atomic E-state index is 13.0. The lowest BCUT2D eigenvalue weighted by atomic mass is 10.0. The molecule has 0 fully saturated rings. The Kier molecular flexibility index (Phi) is 4.50. The van der Waals surface area contributed by atoms with Crippen LogP contribution in [0.5, 0.6) is 11.5 Å². The summed E-state index contributed by atoms with van der Waals surface area (Å²) in [5.41, 5.74) is -0.274. The standard InChI is InChI=1S/C18H13BrO6/c1-2-24-18(23)17-14(9-3-5-10(19)6-4-9)16(22)15-12(21)7-11(20)8-13(15)25-17/h3-8,20-21H,2H2,1H3. The molecule has 1 heterocycles. The second kappa shape index (κ2) is 6.60. The molecule has 0 atom stereocenters. The molecule has 0 saturated carbocycles. The third-order valence-corrected chi connectivity index (χ3v) is 4.08. The molecule has 0 aliphatic rings. The van der Waals surface area contributed by atoms with Gasteiger partial charge in [-0.25, -0.2) is 4.79 Å². The minimum Gasteiger partial charge on any atom is -0.508 e. The van der Waals surface area contributed by atoms with E-state index in [-0.39, 0.29) is 34.6 Å². The van der Waals surface area contributed by atoms with Gasteiger partial charge in [-0.2, -0.15) is 0 Å². The number of hydrogen-bond acceptors (Lipinski definition) is 6. The van der Waals surface area contributed by atoms with Crippen LogP contribution in [0.1, 0.15) is 17.5 Å². The number of carbonyl (C=O) groups is 1. The lowest BCUT2D eigenvalue weighted by Crippen LogP contribution is -2.15. The molecule has 2 N–H and O–H groups in total. The Bertz CT molecular complexity index is 1020. The van der Waals surface area contributed by atoms with E-state index in [0.717, 1.165) is 16.6 Å². The Labute approximate surface area is 150 Å². The number of aromatic hydroxyl groups is 2. The van der Waals surface area contributed by atoms with E-state index in [9.17, 15) is 19.8 Å². The van der Waals surface area contributed by atoms with Gasteiger partial charge in [0.15, 0.2) is 0 Å². The predicted molar refractivity (Wildman–Crippen MR) is 94.9 cm³/mol. The number of hydrogen-bond donors (Lipinski definition) is 2. The maximum atomic E-state index is 13.0. The van der Waals surface area contributed by atoms with Crippen LogP contribution in [-0.4, -0.2) is 22.8 Å². The Hall–Kier alpha value is -2.80. The summed E-state index contributed by atoms with van der Waals surface area (Å²) in [4.78, 5) is 25.2. The molecule has 0 radical (unpaired) electrons. The van der Waals surface area contributed by atoms with Gasteiger partial charge in [-0.15, -0.1) is 0 Å². The Morgan fingerprint density at radius 3 is 2.52 bits per heavy atom. The van der Waals surface area contributed by atoms with Crippen LogP contribution in [0.4, 0.5) is 0 Å². The van der Waals surface area contributed by atoms with Crippen LogP contribution in [0, 0.1) is 0 Å². The fraction of sp³-hybridized carbons (Fsp3) is 0.111. The highest BCUT2D eigenvalue weighted by Gasteiger charge is 2.24. The van der Waals surface area contributed by atoms with Crippen molar-refractivity contribution in [3.63, 3.8) is 0 Å².